The minimum atomic E-state index is 0.0502. The first-order chi connectivity index (χ1) is 8.17. The molecule has 0 spiro atoms. The van der Waals surface area contributed by atoms with Crippen LogP contribution < -0.4 is 11.1 Å². The van der Waals surface area contributed by atoms with Gasteiger partial charge in [-0.05, 0) is 6.92 Å². The fraction of sp³-hybridized carbons (Fsp3) is 0.818. The Morgan fingerprint density at radius 1 is 1.24 bits per heavy atom. The summed E-state index contributed by atoms with van der Waals surface area (Å²) in [4.78, 5) is 26.8. The molecular formula is C11H22N4O2. The zero-order valence-corrected chi connectivity index (χ0v) is 10.4. The van der Waals surface area contributed by atoms with Gasteiger partial charge in [0.25, 0.3) is 0 Å². The van der Waals surface area contributed by atoms with E-state index in [4.69, 9.17) is 5.73 Å². The summed E-state index contributed by atoms with van der Waals surface area (Å²) in [5, 5.41) is 2.77. The predicted molar refractivity (Wildman–Crippen MR) is 65.4 cm³/mol. The van der Waals surface area contributed by atoms with Crippen LogP contribution >= 0.6 is 0 Å². The number of amides is 2. The van der Waals surface area contributed by atoms with Crippen molar-refractivity contribution >= 4 is 11.8 Å². The molecule has 1 rings (SSSR count). The number of carbonyl (C=O) groups is 2. The zero-order chi connectivity index (χ0) is 12.7. The van der Waals surface area contributed by atoms with E-state index in [0.717, 1.165) is 13.1 Å². The van der Waals surface area contributed by atoms with Crippen molar-refractivity contribution in [3.63, 3.8) is 0 Å². The van der Waals surface area contributed by atoms with Crippen LogP contribution in [0.3, 0.4) is 0 Å². The second-order valence-corrected chi connectivity index (χ2v) is 4.15. The standard InChI is InChI=1S/C11H22N4O2/c1-2-13-10(16)9-14-5-7-15(8-6-14)11(17)3-4-12/h2-9,12H2,1H3,(H,13,16). The largest absolute Gasteiger partial charge is 0.355 e. The second kappa shape index (κ2) is 7.24. The Hall–Kier alpha value is -1.14. The van der Waals surface area contributed by atoms with Gasteiger partial charge >= 0.3 is 0 Å². The fourth-order valence-corrected chi connectivity index (χ4v) is 1.89. The van der Waals surface area contributed by atoms with Crippen LogP contribution in [0.2, 0.25) is 0 Å². The van der Waals surface area contributed by atoms with E-state index in [2.05, 4.69) is 10.2 Å². The summed E-state index contributed by atoms with van der Waals surface area (Å²) in [6.07, 6.45) is 0.413. The number of hydrogen-bond acceptors (Lipinski definition) is 4. The van der Waals surface area contributed by atoms with E-state index in [1.165, 1.54) is 0 Å². The first-order valence-corrected chi connectivity index (χ1v) is 6.14. The van der Waals surface area contributed by atoms with Crippen molar-refractivity contribution < 1.29 is 9.59 Å². The van der Waals surface area contributed by atoms with Gasteiger partial charge < -0.3 is 16.0 Å². The molecule has 6 nitrogen and oxygen atoms in total. The van der Waals surface area contributed by atoms with Crippen molar-refractivity contribution in [3.05, 3.63) is 0 Å². The van der Waals surface area contributed by atoms with E-state index < -0.39 is 0 Å². The van der Waals surface area contributed by atoms with Crippen molar-refractivity contribution in [2.24, 2.45) is 5.73 Å². The Morgan fingerprint density at radius 2 is 1.88 bits per heavy atom. The molecule has 3 N–H and O–H groups in total. The number of nitrogens with one attached hydrogen (secondary N) is 1. The number of piperazine rings is 1. The Balaban J connectivity index is 2.26. The third-order valence-corrected chi connectivity index (χ3v) is 2.82. The smallest absolute Gasteiger partial charge is 0.234 e. The summed E-state index contributed by atoms with van der Waals surface area (Å²) in [7, 11) is 0. The quantitative estimate of drug-likeness (QED) is 0.622. The van der Waals surface area contributed by atoms with Gasteiger partial charge in [0, 0.05) is 45.7 Å². The molecule has 0 unspecified atom stereocenters. The lowest BCUT2D eigenvalue weighted by molar-refractivity contribution is -0.133. The topological polar surface area (TPSA) is 78.7 Å². The maximum Gasteiger partial charge on any atom is 0.234 e. The van der Waals surface area contributed by atoms with Crippen LogP contribution in [-0.4, -0.2) is 67.4 Å². The van der Waals surface area contributed by atoms with Crippen molar-refractivity contribution in [1.82, 2.24) is 15.1 Å². The molecule has 0 aromatic heterocycles. The third kappa shape index (κ3) is 4.70. The molecule has 0 bridgehead atoms. The van der Waals surface area contributed by atoms with Gasteiger partial charge in [0.1, 0.15) is 0 Å². The van der Waals surface area contributed by atoms with Crippen LogP contribution in [-0.2, 0) is 9.59 Å². The third-order valence-electron chi connectivity index (χ3n) is 2.82. The van der Waals surface area contributed by atoms with Crippen LogP contribution in [0, 0.1) is 0 Å². The number of hydrogen-bond donors (Lipinski definition) is 2. The summed E-state index contributed by atoms with van der Waals surface area (Å²) in [6.45, 7) is 6.29. The Morgan fingerprint density at radius 3 is 2.41 bits per heavy atom. The first-order valence-electron chi connectivity index (χ1n) is 6.14. The molecular weight excluding hydrogens is 220 g/mol. The number of rotatable bonds is 5. The lowest BCUT2D eigenvalue weighted by Gasteiger charge is -2.34. The number of nitrogens with two attached hydrogens (primary N) is 1. The summed E-state index contributed by atoms with van der Waals surface area (Å²) >= 11 is 0. The molecule has 0 saturated carbocycles. The molecule has 17 heavy (non-hydrogen) atoms. The highest BCUT2D eigenvalue weighted by Crippen LogP contribution is 2.03. The minimum absolute atomic E-state index is 0.0502. The first kappa shape index (κ1) is 13.9. The molecule has 0 atom stereocenters. The van der Waals surface area contributed by atoms with Crippen molar-refractivity contribution in [1.29, 1.82) is 0 Å². The predicted octanol–water partition coefficient (Wildman–Crippen LogP) is -1.38. The second-order valence-electron chi connectivity index (χ2n) is 4.15. The van der Waals surface area contributed by atoms with Gasteiger partial charge in [0.05, 0.1) is 6.54 Å². The summed E-state index contributed by atoms with van der Waals surface area (Å²) in [6, 6.07) is 0. The molecule has 0 aromatic carbocycles. The molecule has 1 aliphatic heterocycles. The lowest BCUT2D eigenvalue weighted by atomic mass is 10.2. The normalized spacial score (nSPS) is 16.9. The van der Waals surface area contributed by atoms with E-state index in [-0.39, 0.29) is 11.8 Å². The van der Waals surface area contributed by atoms with Crippen LogP contribution in [0.25, 0.3) is 0 Å². The van der Waals surface area contributed by atoms with Crippen LogP contribution in [0.15, 0.2) is 0 Å². The molecule has 1 fully saturated rings. The average molecular weight is 242 g/mol. The molecule has 2 amide bonds. The van der Waals surface area contributed by atoms with E-state index in [9.17, 15) is 9.59 Å². The van der Waals surface area contributed by atoms with Gasteiger partial charge in [-0.15, -0.1) is 0 Å². The lowest BCUT2D eigenvalue weighted by Crippen LogP contribution is -2.51. The fourth-order valence-electron chi connectivity index (χ4n) is 1.89. The Kier molecular flexibility index (Phi) is 5.93. The molecule has 0 radical (unpaired) electrons. The SMILES string of the molecule is CCNC(=O)CN1CCN(C(=O)CCN)CC1. The molecule has 98 valence electrons. The Labute approximate surface area is 102 Å². The number of likely N-dealkylation sites (N-methyl/N-ethyl adjacent to an activating group) is 1. The van der Waals surface area contributed by atoms with Crippen LogP contribution in [0.5, 0.6) is 0 Å². The minimum Gasteiger partial charge on any atom is -0.355 e. The molecule has 0 aromatic rings. The maximum absolute atomic E-state index is 11.6. The van der Waals surface area contributed by atoms with Gasteiger partial charge in [-0.2, -0.15) is 0 Å². The van der Waals surface area contributed by atoms with Gasteiger partial charge in [0.15, 0.2) is 0 Å². The molecule has 1 saturated heterocycles. The molecule has 0 aliphatic carbocycles. The van der Waals surface area contributed by atoms with Crippen molar-refractivity contribution in [2.75, 3.05) is 45.8 Å². The van der Waals surface area contributed by atoms with Gasteiger partial charge in [-0.1, -0.05) is 0 Å². The Bertz CT molecular complexity index is 262. The van der Waals surface area contributed by atoms with Crippen LogP contribution in [0.1, 0.15) is 13.3 Å². The molecule has 1 heterocycles. The van der Waals surface area contributed by atoms with Crippen molar-refractivity contribution in [3.8, 4) is 0 Å². The van der Waals surface area contributed by atoms with Gasteiger partial charge in [-0.3, -0.25) is 14.5 Å². The zero-order valence-electron chi connectivity index (χ0n) is 10.4. The van der Waals surface area contributed by atoms with Gasteiger partial charge in [0.2, 0.25) is 11.8 Å². The number of nitrogens with zero attached hydrogens (tertiary/aromatic N) is 2. The van der Waals surface area contributed by atoms with E-state index in [0.29, 0.717) is 39.1 Å². The van der Waals surface area contributed by atoms with E-state index in [1.54, 1.807) is 0 Å². The summed E-state index contributed by atoms with van der Waals surface area (Å²) in [5.41, 5.74) is 5.35. The highest BCUT2D eigenvalue weighted by Gasteiger charge is 2.21. The average Bonchev–Trinajstić information content (AvgIpc) is 2.30. The summed E-state index contributed by atoms with van der Waals surface area (Å²) < 4.78 is 0. The van der Waals surface area contributed by atoms with E-state index in [1.807, 2.05) is 11.8 Å². The highest BCUT2D eigenvalue weighted by atomic mass is 16.2. The van der Waals surface area contributed by atoms with Crippen molar-refractivity contribution in [2.45, 2.75) is 13.3 Å². The number of carbonyl (C=O) groups excluding carboxylic acids is 2. The molecule has 6 heteroatoms. The van der Waals surface area contributed by atoms with E-state index >= 15 is 0 Å². The van der Waals surface area contributed by atoms with Crippen LogP contribution in [0.4, 0.5) is 0 Å². The highest BCUT2D eigenvalue weighted by molar-refractivity contribution is 5.78. The van der Waals surface area contributed by atoms with Gasteiger partial charge in [-0.25, -0.2) is 0 Å². The monoisotopic (exact) mass is 242 g/mol. The maximum atomic E-state index is 11.6. The summed E-state index contributed by atoms with van der Waals surface area (Å²) in [5.74, 6) is 0.166. The molecule has 1 aliphatic rings.